The second kappa shape index (κ2) is 3.44. The van der Waals surface area contributed by atoms with Gasteiger partial charge in [0.05, 0.1) is 11.8 Å². The molecule has 0 aliphatic heterocycles. The number of rotatable bonds is 2. The zero-order valence-electron chi connectivity index (χ0n) is 10.2. The average Bonchev–Trinajstić information content (AvgIpc) is 2.66. The molecule has 0 spiro atoms. The molecule has 2 heterocycles. The zero-order valence-corrected chi connectivity index (χ0v) is 10.2. The Morgan fingerprint density at radius 2 is 1.67 bits per heavy atom. The van der Waals surface area contributed by atoms with Gasteiger partial charge in [0.1, 0.15) is 0 Å². The summed E-state index contributed by atoms with van der Waals surface area (Å²) in [4.78, 5) is 0. The van der Waals surface area contributed by atoms with Crippen molar-refractivity contribution in [1.82, 2.24) is 4.57 Å². The van der Waals surface area contributed by atoms with Crippen LogP contribution in [0.2, 0.25) is 0 Å². The second-order valence-electron chi connectivity index (χ2n) is 4.87. The zero-order chi connectivity index (χ0) is 11.2. The number of fused-ring (bicyclic) bond motifs is 1. The predicted octanol–water partition coefficient (Wildman–Crippen LogP) is 4.02. The molecule has 0 bridgehead atoms. The Morgan fingerprint density at radius 3 is 2.20 bits per heavy atom. The van der Waals surface area contributed by atoms with Gasteiger partial charge in [-0.2, -0.15) is 0 Å². The van der Waals surface area contributed by atoms with E-state index in [0.29, 0.717) is 11.8 Å². The van der Waals surface area contributed by atoms with Crippen molar-refractivity contribution in [3.63, 3.8) is 0 Å². The fourth-order valence-electron chi connectivity index (χ4n) is 2.09. The highest BCUT2D eigenvalue weighted by atomic mass is 16.3. The molecule has 0 aliphatic rings. The molecule has 2 heteroatoms. The molecule has 0 atom stereocenters. The summed E-state index contributed by atoms with van der Waals surface area (Å²) in [5, 5.41) is 0. The number of furan rings is 1. The molecule has 0 saturated heterocycles. The molecule has 2 rings (SSSR count). The van der Waals surface area contributed by atoms with E-state index in [-0.39, 0.29) is 0 Å². The van der Waals surface area contributed by atoms with Gasteiger partial charge in [-0.15, -0.1) is 0 Å². The summed E-state index contributed by atoms with van der Waals surface area (Å²) in [6.07, 6.45) is 4.09. The number of nitrogens with zero attached hydrogens (tertiary/aromatic N) is 1. The van der Waals surface area contributed by atoms with Crippen molar-refractivity contribution in [1.29, 1.82) is 0 Å². The van der Waals surface area contributed by atoms with Gasteiger partial charge in [-0.3, -0.25) is 0 Å². The van der Waals surface area contributed by atoms with Gasteiger partial charge in [-0.05, 0) is 11.8 Å². The normalized spacial score (nSPS) is 12.2. The fraction of sp³-hybridized carbons (Fsp3) is 0.538. The molecule has 15 heavy (non-hydrogen) atoms. The number of hydrogen-bond donors (Lipinski definition) is 0. The minimum absolute atomic E-state index is 0.514. The van der Waals surface area contributed by atoms with Crippen molar-refractivity contribution < 1.29 is 4.42 Å². The highest BCUT2D eigenvalue weighted by Gasteiger charge is 2.18. The Labute approximate surface area is 90.9 Å². The molecule has 0 N–H and O–H groups in total. The van der Waals surface area contributed by atoms with Crippen LogP contribution in [0.25, 0.3) is 11.1 Å². The summed E-state index contributed by atoms with van der Waals surface area (Å²) in [7, 11) is 2.09. The third kappa shape index (κ3) is 1.48. The van der Waals surface area contributed by atoms with Crippen LogP contribution in [-0.2, 0) is 7.05 Å². The Morgan fingerprint density at radius 1 is 1.07 bits per heavy atom. The molecule has 2 aromatic rings. The number of hydrogen-bond acceptors (Lipinski definition) is 1. The summed E-state index contributed by atoms with van der Waals surface area (Å²) < 4.78 is 7.89. The first-order chi connectivity index (χ1) is 7.02. The van der Waals surface area contributed by atoms with Crippen LogP contribution in [0.4, 0.5) is 0 Å². The van der Waals surface area contributed by atoms with E-state index < -0.39 is 0 Å². The molecule has 0 radical (unpaired) electrons. The lowest BCUT2D eigenvalue weighted by molar-refractivity contribution is 0.599. The largest absolute Gasteiger partial charge is 0.462 e. The van der Waals surface area contributed by atoms with Crippen LogP contribution in [0.3, 0.4) is 0 Å². The van der Waals surface area contributed by atoms with Crippen LogP contribution in [0.1, 0.15) is 50.7 Å². The van der Waals surface area contributed by atoms with Crippen LogP contribution < -0.4 is 0 Å². The van der Waals surface area contributed by atoms with Crippen LogP contribution in [0.15, 0.2) is 16.9 Å². The van der Waals surface area contributed by atoms with Crippen molar-refractivity contribution in [3.05, 3.63) is 23.6 Å². The molecule has 0 aromatic carbocycles. The van der Waals surface area contributed by atoms with Gasteiger partial charge in [-0.1, -0.05) is 27.7 Å². The quantitative estimate of drug-likeness (QED) is 0.724. The maximum atomic E-state index is 5.70. The van der Waals surface area contributed by atoms with E-state index in [9.17, 15) is 0 Å². The first-order valence-corrected chi connectivity index (χ1v) is 5.58. The summed E-state index contributed by atoms with van der Waals surface area (Å²) >= 11 is 0. The number of aryl methyl sites for hydroxylation is 1. The molecule has 2 nitrogen and oxygen atoms in total. The summed E-state index contributed by atoms with van der Waals surface area (Å²) in [6, 6.07) is 0. The Balaban J connectivity index is 2.71. The highest BCUT2D eigenvalue weighted by Crippen LogP contribution is 2.33. The molecule has 82 valence electrons. The summed E-state index contributed by atoms with van der Waals surface area (Å²) in [6.45, 7) is 8.80. The molecule has 0 unspecified atom stereocenters. The van der Waals surface area contributed by atoms with Crippen LogP contribution in [0, 0.1) is 0 Å². The standard InChI is InChI=1S/C13H19NO/c1-8(2)10-6-14(5)12-11(9(3)4)7-15-13(10)12/h6-9H,1-5H3. The van der Waals surface area contributed by atoms with Crippen molar-refractivity contribution in [3.8, 4) is 0 Å². The number of aromatic nitrogens is 1. The van der Waals surface area contributed by atoms with Crippen LogP contribution in [-0.4, -0.2) is 4.57 Å². The molecule has 2 aromatic heterocycles. The SMILES string of the molecule is CC(C)c1cn(C)c2c(C(C)C)coc12. The van der Waals surface area contributed by atoms with Gasteiger partial charge < -0.3 is 8.98 Å². The predicted molar refractivity (Wildman–Crippen MR) is 63.4 cm³/mol. The van der Waals surface area contributed by atoms with Crippen molar-refractivity contribution >= 4 is 11.1 Å². The molecule has 0 fully saturated rings. The van der Waals surface area contributed by atoms with E-state index in [2.05, 4.69) is 45.5 Å². The Kier molecular flexibility index (Phi) is 2.37. The summed E-state index contributed by atoms with van der Waals surface area (Å²) in [5.41, 5.74) is 4.93. The fourth-order valence-corrected chi connectivity index (χ4v) is 2.09. The lowest BCUT2D eigenvalue weighted by Crippen LogP contribution is -1.90. The molecule has 0 amide bonds. The van der Waals surface area contributed by atoms with E-state index in [1.54, 1.807) is 0 Å². The maximum absolute atomic E-state index is 5.70. The van der Waals surface area contributed by atoms with Gasteiger partial charge in [0.2, 0.25) is 0 Å². The minimum Gasteiger partial charge on any atom is -0.462 e. The van der Waals surface area contributed by atoms with E-state index in [0.717, 1.165) is 5.58 Å². The lowest BCUT2D eigenvalue weighted by Gasteiger charge is -2.01. The Bertz CT molecular complexity index is 468. The first kappa shape index (κ1) is 10.3. The van der Waals surface area contributed by atoms with Gasteiger partial charge >= 0.3 is 0 Å². The molecular weight excluding hydrogens is 186 g/mol. The van der Waals surface area contributed by atoms with Crippen LogP contribution in [0.5, 0.6) is 0 Å². The summed E-state index contributed by atoms with van der Waals surface area (Å²) in [5.74, 6) is 1.03. The van der Waals surface area contributed by atoms with E-state index in [1.165, 1.54) is 16.6 Å². The lowest BCUT2D eigenvalue weighted by atomic mass is 10.0. The van der Waals surface area contributed by atoms with Crippen molar-refractivity contribution in [2.24, 2.45) is 7.05 Å². The molecular formula is C13H19NO. The van der Waals surface area contributed by atoms with E-state index in [1.807, 2.05) is 6.26 Å². The van der Waals surface area contributed by atoms with Gasteiger partial charge in [0.25, 0.3) is 0 Å². The van der Waals surface area contributed by atoms with Crippen molar-refractivity contribution in [2.75, 3.05) is 0 Å². The third-order valence-electron chi connectivity index (χ3n) is 2.98. The highest BCUT2D eigenvalue weighted by molar-refractivity contribution is 5.82. The average molecular weight is 205 g/mol. The second-order valence-corrected chi connectivity index (χ2v) is 4.87. The van der Waals surface area contributed by atoms with E-state index in [4.69, 9.17) is 4.42 Å². The Hall–Kier alpha value is -1.18. The van der Waals surface area contributed by atoms with Crippen LogP contribution >= 0.6 is 0 Å². The molecule has 0 saturated carbocycles. The van der Waals surface area contributed by atoms with E-state index >= 15 is 0 Å². The van der Waals surface area contributed by atoms with Crippen molar-refractivity contribution in [2.45, 2.75) is 39.5 Å². The first-order valence-electron chi connectivity index (χ1n) is 5.58. The van der Waals surface area contributed by atoms with Gasteiger partial charge in [0.15, 0.2) is 5.58 Å². The smallest absolute Gasteiger partial charge is 0.155 e. The van der Waals surface area contributed by atoms with Gasteiger partial charge in [-0.25, -0.2) is 0 Å². The topological polar surface area (TPSA) is 18.1 Å². The third-order valence-corrected chi connectivity index (χ3v) is 2.98. The maximum Gasteiger partial charge on any atom is 0.155 e. The minimum atomic E-state index is 0.514. The van der Waals surface area contributed by atoms with Gasteiger partial charge in [0, 0.05) is 24.4 Å². The molecule has 0 aliphatic carbocycles. The monoisotopic (exact) mass is 205 g/mol.